The number of anilines is 1. The lowest BCUT2D eigenvalue weighted by atomic mass is 10.1. The molecule has 0 radical (unpaired) electrons. The van der Waals surface area contributed by atoms with E-state index in [1.807, 2.05) is 34.6 Å². The van der Waals surface area contributed by atoms with Gasteiger partial charge in [0.15, 0.2) is 0 Å². The summed E-state index contributed by atoms with van der Waals surface area (Å²) in [6, 6.07) is 10.1. The molecule has 0 aliphatic heterocycles. The van der Waals surface area contributed by atoms with Crippen molar-refractivity contribution >= 4 is 17.5 Å². The van der Waals surface area contributed by atoms with Crippen LogP contribution in [0.5, 0.6) is 5.75 Å². The molecule has 0 atom stereocenters. The van der Waals surface area contributed by atoms with Gasteiger partial charge in [0.1, 0.15) is 11.4 Å². The van der Waals surface area contributed by atoms with E-state index >= 15 is 0 Å². The number of hydrogen-bond acceptors (Lipinski definition) is 4. The summed E-state index contributed by atoms with van der Waals surface area (Å²) in [5.41, 5.74) is 0.829. The number of rotatable bonds is 5. The number of carbonyl (C=O) groups is 2. The van der Waals surface area contributed by atoms with E-state index in [4.69, 9.17) is 4.74 Å². The second-order valence-electron chi connectivity index (χ2n) is 7.28. The van der Waals surface area contributed by atoms with Crippen LogP contribution in [0.3, 0.4) is 0 Å². The topological polar surface area (TPSA) is 80.3 Å². The summed E-state index contributed by atoms with van der Waals surface area (Å²) in [5.74, 6) is 0.106. The maximum absolute atomic E-state index is 12.4. The van der Waals surface area contributed by atoms with Crippen LogP contribution in [0.1, 0.15) is 55.5 Å². The number of carbonyl (C=O) groups excluding carboxylic acids is 2. The minimum atomic E-state index is -0.382. The van der Waals surface area contributed by atoms with Crippen LogP contribution in [-0.4, -0.2) is 28.4 Å². The summed E-state index contributed by atoms with van der Waals surface area (Å²) in [5, 5.41) is 5.63. The summed E-state index contributed by atoms with van der Waals surface area (Å²) in [6.45, 7) is 9.58. The third kappa shape index (κ3) is 5.88. The highest BCUT2D eigenvalue weighted by molar-refractivity contribution is 6.04. The normalized spacial score (nSPS) is 11.2. The zero-order valence-electron chi connectivity index (χ0n) is 15.8. The molecule has 138 valence electrons. The molecule has 0 saturated heterocycles. The van der Waals surface area contributed by atoms with E-state index in [0.717, 1.165) is 5.75 Å². The predicted molar refractivity (Wildman–Crippen MR) is 102 cm³/mol. The second kappa shape index (κ2) is 7.99. The van der Waals surface area contributed by atoms with E-state index < -0.39 is 0 Å². The predicted octanol–water partition coefficient (Wildman–Crippen LogP) is 3.65. The smallest absolute Gasteiger partial charge is 0.274 e. The number of nitrogens with zero attached hydrogens (tertiary/aromatic N) is 1. The van der Waals surface area contributed by atoms with Gasteiger partial charge in [0.05, 0.1) is 6.10 Å². The fourth-order valence-electron chi connectivity index (χ4n) is 2.19. The van der Waals surface area contributed by atoms with Gasteiger partial charge in [-0.3, -0.25) is 14.6 Å². The minimum Gasteiger partial charge on any atom is -0.491 e. The van der Waals surface area contributed by atoms with Gasteiger partial charge >= 0.3 is 0 Å². The van der Waals surface area contributed by atoms with Gasteiger partial charge in [0.2, 0.25) is 0 Å². The minimum absolute atomic E-state index is 0.0848. The first-order valence-corrected chi connectivity index (χ1v) is 8.51. The molecule has 1 aromatic carbocycles. The molecule has 26 heavy (non-hydrogen) atoms. The molecule has 0 unspecified atom stereocenters. The first-order valence-electron chi connectivity index (χ1n) is 8.51. The third-order valence-corrected chi connectivity index (χ3v) is 3.23. The Labute approximate surface area is 154 Å². The first kappa shape index (κ1) is 19.4. The van der Waals surface area contributed by atoms with Crippen LogP contribution in [0.4, 0.5) is 5.69 Å². The summed E-state index contributed by atoms with van der Waals surface area (Å²) in [6.07, 6.45) is 1.54. The molecular weight excluding hydrogens is 330 g/mol. The standard InChI is InChI=1S/C20H25N3O3/c1-13(2)26-16-8-6-15(7-9-16)22-19(25)17-12-14(10-11-21-17)18(24)23-20(3,4)5/h6-13H,1-5H3,(H,22,25)(H,23,24). The van der Waals surface area contributed by atoms with Crippen LogP contribution in [0.2, 0.25) is 0 Å². The van der Waals surface area contributed by atoms with Crippen molar-refractivity contribution in [2.75, 3.05) is 5.32 Å². The fourth-order valence-corrected chi connectivity index (χ4v) is 2.19. The van der Waals surface area contributed by atoms with Crippen LogP contribution in [0, 0.1) is 0 Å². The Kier molecular flexibility index (Phi) is 5.97. The maximum Gasteiger partial charge on any atom is 0.274 e. The Morgan fingerprint density at radius 2 is 1.69 bits per heavy atom. The number of amides is 2. The van der Waals surface area contributed by atoms with Crippen molar-refractivity contribution in [2.24, 2.45) is 0 Å². The van der Waals surface area contributed by atoms with Crippen LogP contribution < -0.4 is 15.4 Å². The molecule has 0 saturated carbocycles. The van der Waals surface area contributed by atoms with Gasteiger partial charge in [-0.25, -0.2) is 0 Å². The Bertz CT molecular complexity index is 778. The Morgan fingerprint density at radius 3 is 2.27 bits per heavy atom. The average molecular weight is 355 g/mol. The summed E-state index contributed by atoms with van der Waals surface area (Å²) in [7, 11) is 0. The lowest BCUT2D eigenvalue weighted by Crippen LogP contribution is -2.40. The van der Waals surface area contributed by atoms with E-state index in [9.17, 15) is 9.59 Å². The molecule has 1 aromatic heterocycles. The van der Waals surface area contributed by atoms with E-state index in [-0.39, 0.29) is 29.2 Å². The molecule has 0 fully saturated rings. The van der Waals surface area contributed by atoms with E-state index in [2.05, 4.69) is 15.6 Å². The molecule has 0 aliphatic rings. The molecule has 1 heterocycles. The Hall–Kier alpha value is -2.89. The largest absolute Gasteiger partial charge is 0.491 e. The number of benzene rings is 1. The SMILES string of the molecule is CC(C)Oc1ccc(NC(=O)c2cc(C(=O)NC(C)(C)C)ccn2)cc1. The molecule has 2 N–H and O–H groups in total. The zero-order chi connectivity index (χ0) is 19.3. The molecule has 6 nitrogen and oxygen atoms in total. The van der Waals surface area contributed by atoms with Gasteiger partial charge in [-0.15, -0.1) is 0 Å². The molecule has 0 spiro atoms. The number of hydrogen-bond donors (Lipinski definition) is 2. The Balaban J connectivity index is 2.08. The van der Waals surface area contributed by atoms with Crippen molar-refractivity contribution in [2.45, 2.75) is 46.3 Å². The third-order valence-electron chi connectivity index (χ3n) is 3.23. The Morgan fingerprint density at radius 1 is 1.04 bits per heavy atom. The maximum atomic E-state index is 12.4. The highest BCUT2D eigenvalue weighted by Crippen LogP contribution is 2.17. The number of aromatic nitrogens is 1. The average Bonchev–Trinajstić information content (AvgIpc) is 2.55. The van der Waals surface area contributed by atoms with Crippen LogP contribution in [0.25, 0.3) is 0 Å². The van der Waals surface area contributed by atoms with Crippen molar-refractivity contribution in [1.29, 1.82) is 0 Å². The van der Waals surface area contributed by atoms with Crippen LogP contribution in [0.15, 0.2) is 42.6 Å². The lowest BCUT2D eigenvalue weighted by molar-refractivity contribution is 0.0919. The van der Waals surface area contributed by atoms with Crippen LogP contribution in [-0.2, 0) is 0 Å². The van der Waals surface area contributed by atoms with Crippen molar-refractivity contribution in [3.8, 4) is 5.75 Å². The summed E-state index contributed by atoms with van der Waals surface area (Å²) in [4.78, 5) is 28.7. The van der Waals surface area contributed by atoms with Crippen LogP contribution >= 0.6 is 0 Å². The highest BCUT2D eigenvalue weighted by Gasteiger charge is 2.17. The van der Waals surface area contributed by atoms with Gasteiger partial charge in [-0.2, -0.15) is 0 Å². The highest BCUT2D eigenvalue weighted by atomic mass is 16.5. The number of ether oxygens (including phenoxy) is 1. The molecule has 0 aliphatic carbocycles. The zero-order valence-corrected chi connectivity index (χ0v) is 15.8. The number of pyridine rings is 1. The monoisotopic (exact) mass is 355 g/mol. The van der Waals surface area contributed by atoms with Crippen molar-refractivity contribution in [3.63, 3.8) is 0 Å². The van der Waals surface area contributed by atoms with Crippen molar-refractivity contribution in [3.05, 3.63) is 53.9 Å². The van der Waals surface area contributed by atoms with Gasteiger partial charge < -0.3 is 15.4 Å². The molecule has 2 amide bonds. The molecule has 6 heteroatoms. The van der Waals surface area contributed by atoms with E-state index in [1.54, 1.807) is 30.3 Å². The van der Waals surface area contributed by atoms with Gasteiger partial charge in [0, 0.05) is 23.0 Å². The quantitative estimate of drug-likeness (QED) is 0.858. The van der Waals surface area contributed by atoms with Gasteiger partial charge in [-0.05, 0) is 71.0 Å². The fraction of sp³-hybridized carbons (Fsp3) is 0.350. The van der Waals surface area contributed by atoms with Crippen molar-refractivity contribution in [1.82, 2.24) is 10.3 Å². The molecule has 2 aromatic rings. The first-order chi connectivity index (χ1) is 12.1. The molecular formula is C20H25N3O3. The van der Waals surface area contributed by atoms with E-state index in [0.29, 0.717) is 11.3 Å². The number of nitrogens with one attached hydrogen (secondary N) is 2. The van der Waals surface area contributed by atoms with E-state index in [1.165, 1.54) is 12.3 Å². The molecule has 2 rings (SSSR count). The van der Waals surface area contributed by atoms with Gasteiger partial charge in [-0.1, -0.05) is 0 Å². The summed E-state index contributed by atoms with van der Waals surface area (Å²) < 4.78 is 5.57. The second-order valence-corrected chi connectivity index (χ2v) is 7.28. The summed E-state index contributed by atoms with van der Waals surface area (Å²) >= 11 is 0. The van der Waals surface area contributed by atoms with Crippen molar-refractivity contribution < 1.29 is 14.3 Å². The van der Waals surface area contributed by atoms with Gasteiger partial charge in [0.25, 0.3) is 11.8 Å². The lowest BCUT2D eigenvalue weighted by Gasteiger charge is -2.20. The molecule has 0 bridgehead atoms.